The van der Waals surface area contributed by atoms with E-state index in [-0.39, 0.29) is 5.91 Å². The summed E-state index contributed by atoms with van der Waals surface area (Å²) < 4.78 is 0. The molecule has 0 aromatic carbocycles. The lowest BCUT2D eigenvalue weighted by Gasteiger charge is -2.27. The Bertz CT molecular complexity index is 437. The molecule has 1 aliphatic heterocycles. The number of halogens is 1. The first kappa shape index (κ1) is 14.2. The van der Waals surface area contributed by atoms with Crippen LogP contribution >= 0.6 is 11.6 Å². The summed E-state index contributed by atoms with van der Waals surface area (Å²) in [5.41, 5.74) is 0.341. The Morgan fingerprint density at radius 2 is 2.32 bits per heavy atom. The number of nitrogens with zero attached hydrogens (tertiary/aromatic N) is 4. The maximum Gasteiger partial charge on any atom is 0.273 e. The fourth-order valence-corrected chi connectivity index (χ4v) is 2.63. The molecule has 1 aromatic heterocycles. The molecule has 5 nitrogen and oxygen atoms in total. The molecule has 1 saturated heterocycles. The van der Waals surface area contributed by atoms with Gasteiger partial charge >= 0.3 is 0 Å². The van der Waals surface area contributed by atoms with Gasteiger partial charge in [-0.05, 0) is 25.9 Å². The normalized spacial score (nSPS) is 19.6. The number of likely N-dealkylation sites (tertiary alicyclic amines) is 1. The van der Waals surface area contributed by atoms with E-state index in [1.165, 1.54) is 18.8 Å². The summed E-state index contributed by atoms with van der Waals surface area (Å²) in [4.78, 5) is 24.2. The Morgan fingerprint density at radius 3 is 2.95 bits per heavy atom. The Kier molecular flexibility index (Phi) is 4.71. The molecule has 6 heteroatoms. The number of aromatic nitrogens is 2. The Morgan fingerprint density at radius 1 is 1.53 bits per heavy atom. The monoisotopic (exact) mass is 282 g/mol. The highest BCUT2D eigenvalue weighted by Crippen LogP contribution is 2.17. The third-order valence-corrected chi connectivity index (χ3v) is 3.77. The van der Waals surface area contributed by atoms with Gasteiger partial charge in [-0.3, -0.25) is 9.69 Å². The maximum absolute atomic E-state index is 12.2. The van der Waals surface area contributed by atoms with Gasteiger partial charge in [-0.2, -0.15) is 0 Å². The minimum Gasteiger partial charge on any atom is -0.339 e. The predicted molar refractivity (Wildman–Crippen MR) is 74.3 cm³/mol. The van der Waals surface area contributed by atoms with Crippen molar-refractivity contribution in [3.8, 4) is 0 Å². The van der Waals surface area contributed by atoms with Gasteiger partial charge in [0.15, 0.2) is 0 Å². The molecule has 1 atom stereocenters. The lowest BCUT2D eigenvalue weighted by Crippen LogP contribution is -2.41. The molecule has 0 aliphatic carbocycles. The van der Waals surface area contributed by atoms with Gasteiger partial charge < -0.3 is 4.90 Å². The molecule has 0 radical (unpaired) electrons. The molecule has 1 unspecified atom stereocenters. The van der Waals surface area contributed by atoms with Crippen molar-refractivity contribution >= 4 is 17.5 Å². The molecule has 2 rings (SSSR count). The fraction of sp³-hybridized carbons (Fsp3) is 0.615. The Labute approximate surface area is 118 Å². The number of carbonyl (C=O) groups excluding carboxylic acids is 1. The van der Waals surface area contributed by atoms with Gasteiger partial charge in [0.25, 0.3) is 5.91 Å². The molecule has 1 amide bonds. The second kappa shape index (κ2) is 6.30. The molecule has 104 valence electrons. The second-order valence-electron chi connectivity index (χ2n) is 4.83. The molecule has 0 N–H and O–H groups in total. The summed E-state index contributed by atoms with van der Waals surface area (Å²) in [6.07, 6.45) is 5.18. The zero-order chi connectivity index (χ0) is 13.8. The molecule has 0 bridgehead atoms. The second-order valence-corrected chi connectivity index (χ2v) is 5.22. The molecule has 1 fully saturated rings. The number of hydrogen-bond donors (Lipinski definition) is 0. The van der Waals surface area contributed by atoms with Crippen LogP contribution in [0.3, 0.4) is 0 Å². The standard InChI is InChI=1S/C13H19ClN4O/c1-3-18-6-4-5-10(18)9-17(2)13(19)11-7-16-12(14)8-15-11/h7-8,10H,3-6,9H2,1-2H3. The number of carbonyl (C=O) groups is 1. The molecule has 19 heavy (non-hydrogen) atoms. The fourth-order valence-electron chi connectivity index (χ4n) is 2.54. The summed E-state index contributed by atoms with van der Waals surface area (Å²) in [7, 11) is 1.81. The average molecular weight is 283 g/mol. The van der Waals surface area contributed by atoms with Gasteiger partial charge in [0.2, 0.25) is 0 Å². The molecular weight excluding hydrogens is 264 g/mol. The topological polar surface area (TPSA) is 49.3 Å². The summed E-state index contributed by atoms with van der Waals surface area (Å²) >= 11 is 5.67. The van der Waals surface area contributed by atoms with Crippen LogP contribution in [-0.4, -0.2) is 58.4 Å². The van der Waals surface area contributed by atoms with Crippen LogP contribution in [0.15, 0.2) is 12.4 Å². The lowest BCUT2D eigenvalue weighted by molar-refractivity contribution is 0.0748. The van der Waals surface area contributed by atoms with Gasteiger partial charge in [-0.25, -0.2) is 9.97 Å². The maximum atomic E-state index is 12.2. The minimum absolute atomic E-state index is 0.105. The third-order valence-electron chi connectivity index (χ3n) is 3.58. The van der Waals surface area contributed by atoms with E-state index in [0.717, 1.165) is 26.1 Å². The number of rotatable bonds is 4. The van der Waals surface area contributed by atoms with E-state index in [4.69, 9.17) is 11.6 Å². The van der Waals surface area contributed by atoms with Crippen LogP contribution < -0.4 is 0 Å². The van der Waals surface area contributed by atoms with E-state index in [2.05, 4.69) is 21.8 Å². The molecule has 2 heterocycles. The SMILES string of the molecule is CCN1CCCC1CN(C)C(=O)c1cnc(Cl)cn1. The van der Waals surface area contributed by atoms with Gasteiger partial charge in [0, 0.05) is 19.6 Å². The van der Waals surface area contributed by atoms with E-state index in [9.17, 15) is 4.79 Å². The van der Waals surface area contributed by atoms with Crippen LogP contribution in [0.1, 0.15) is 30.3 Å². The van der Waals surface area contributed by atoms with Crippen LogP contribution in [0, 0.1) is 0 Å². The predicted octanol–water partition coefficient (Wildman–Crippen LogP) is 1.69. The highest BCUT2D eigenvalue weighted by Gasteiger charge is 2.26. The Hall–Kier alpha value is -1.20. The summed E-state index contributed by atoms with van der Waals surface area (Å²) in [5, 5.41) is 0.298. The summed E-state index contributed by atoms with van der Waals surface area (Å²) in [6.45, 7) is 5.05. The van der Waals surface area contributed by atoms with Crippen LogP contribution in [0.2, 0.25) is 5.15 Å². The van der Waals surface area contributed by atoms with Gasteiger partial charge in [-0.15, -0.1) is 0 Å². The highest BCUT2D eigenvalue weighted by atomic mass is 35.5. The first-order chi connectivity index (χ1) is 9.11. The Balaban J connectivity index is 1.97. The quantitative estimate of drug-likeness (QED) is 0.843. The zero-order valence-corrected chi connectivity index (χ0v) is 12.1. The van der Waals surface area contributed by atoms with E-state index in [0.29, 0.717) is 16.9 Å². The van der Waals surface area contributed by atoms with Crippen LogP contribution in [0.25, 0.3) is 0 Å². The van der Waals surface area contributed by atoms with Crippen molar-refractivity contribution in [2.45, 2.75) is 25.8 Å². The average Bonchev–Trinajstić information content (AvgIpc) is 2.86. The van der Waals surface area contributed by atoms with Crippen LogP contribution in [0.4, 0.5) is 0 Å². The molecular formula is C13H19ClN4O. The van der Waals surface area contributed by atoms with Crippen LogP contribution in [-0.2, 0) is 0 Å². The van der Waals surface area contributed by atoms with E-state index >= 15 is 0 Å². The molecule has 0 saturated carbocycles. The van der Waals surface area contributed by atoms with Crippen molar-refractivity contribution < 1.29 is 4.79 Å². The van der Waals surface area contributed by atoms with E-state index in [1.54, 1.807) is 4.90 Å². The summed E-state index contributed by atoms with van der Waals surface area (Å²) in [5.74, 6) is -0.105. The lowest BCUT2D eigenvalue weighted by atomic mass is 10.2. The molecule has 0 spiro atoms. The van der Waals surface area contributed by atoms with Crippen molar-refractivity contribution in [3.63, 3.8) is 0 Å². The number of amides is 1. The van der Waals surface area contributed by atoms with Crippen molar-refractivity contribution in [1.29, 1.82) is 0 Å². The van der Waals surface area contributed by atoms with Crippen LogP contribution in [0.5, 0.6) is 0 Å². The first-order valence-corrected chi connectivity index (χ1v) is 6.96. The first-order valence-electron chi connectivity index (χ1n) is 6.59. The summed E-state index contributed by atoms with van der Waals surface area (Å²) in [6, 6.07) is 0.458. The molecule has 1 aliphatic rings. The van der Waals surface area contributed by atoms with Gasteiger partial charge in [0.05, 0.1) is 12.4 Å². The molecule has 1 aromatic rings. The van der Waals surface area contributed by atoms with Gasteiger partial charge in [-0.1, -0.05) is 18.5 Å². The number of hydrogen-bond acceptors (Lipinski definition) is 4. The van der Waals surface area contributed by atoms with Crippen molar-refractivity contribution in [1.82, 2.24) is 19.8 Å². The van der Waals surface area contributed by atoms with Crippen molar-refractivity contribution in [3.05, 3.63) is 23.2 Å². The highest BCUT2D eigenvalue weighted by molar-refractivity contribution is 6.29. The smallest absolute Gasteiger partial charge is 0.273 e. The van der Waals surface area contributed by atoms with E-state index < -0.39 is 0 Å². The van der Waals surface area contributed by atoms with Crippen molar-refractivity contribution in [2.75, 3.05) is 26.7 Å². The zero-order valence-electron chi connectivity index (χ0n) is 11.3. The third kappa shape index (κ3) is 3.42. The van der Waals surface area contributed by atoms with Crippen molar-refractivity contribution in [2.24, 2.45) is 0 Å². The minimum atomic E-state index is -0.105. The van der Waals surface area contributed by atoms with Gasteiger partial charge in [0.1, 0.15) is 10.8 Å². The number of likely N-dealkylation sites (N-methyl/N-ethyl adjacent to an activating group) is 2. The van der Waals surface area contributed by atoms with E-state index in [1.807, 2.05) is 7.05 Å². The largest absolute Gasteiger partial charge is 0.339 e.